The van der Waals surface area contributed by atoms with E-state index in [1.807, 2.05) is 5.38 Å². The first kappa shape index (κ1) is 13.8. The minimum atomic E-state index is -0.0122. The SMILES string of the molecule is CCCc1csc(NC(=O)c2cc3c(s2)CCCC3)n1. The van der Waals surface area contributed by atoms with E-state index >= 15 is 0 Å². The van der Waals surface area contributed by atoms with E-state index < -0.39 is 0 Å². The second-order valence-corrected chi connectivity index (χ2v) is 7.11. The van der Waals surface area contributed by atoms with Gasteiger partial charge in [0.15, 0.2) is 5.13 Å². The first-order valence-corrected chi connectivity index (χ1v) is 8.83. The van der Waals surface area contributed by atoms with Crippen molar-refractivity contribution in [2.75, 3.05) is 5.32 Å². The van der Waals surface area contributed by atoms with Crippen LogP contribution in [0.1, 0.15) is 52.0 Å². The van der Waals surface area contributed by atoms with Crippen molar-refractivity contribution in [2.45, 2.75) is 45.4 Å². The van der Waals surface area contributed by atoms with Crippen molar-refractivity contribution in [3.8, 4) is 0 Å². The van der Waals surface area contributed by atoms with Crippen LogP contribution < -0.4 is 5.32 Å². The lowest BCUT2D eigenvalue weighted by Crippen LogP contribution is -2.09. The normalized spacial score (nSPS) is 14.1. The summed E-state index contributed by atoms with van der Waals surface area (Å²) in [6.45, 7) is 2.13. The van der Waals surface area contributed by atoms with Gasteiger partial charge in [-0.3, -0.25) is 10.1 Å². The van der Waals surface area contributed by atoms with E-state index in [2.05, 4.69) is 23.3 Å². The van der Waals surface area contributed by atoms with E-state index in [1.54, 1.807) is 11.3 Å². The fourth-order valence-electron chi connectivity index (χ4n) is 2.50. The van der Waals surface area contributed by atoms with Crippen molar-refractivity contribution in [3.63, 3.8) is 0 Å². The molecule has 0 radical (unpaired) electrons. The lowest BCUT2D eigenvalue weighted by molar-refractivity contribution is 0.103. The smallest absolute Gasteiger partial charge is 0.267 e. The molecule has 5 heteroatoms. The summed E-state index contributed by atoms with van der Waals surface area (Å²) in [6.07, 6.45) is 6.80. The third kappa shape index (κ3) is 2.94. The zero-order valence-corrected chi connectivity index (χ0v) is 13.2. The molecule has 2 aromatic heterocycles. The molecule has 1 aliphatic carbocycles. The zero-order valence-electron chi connectivity index (χ0n) is 11.6. The highest BCUT2D eigenvalue weighted by molar-refractivity contribution is 7.15. The number of fused-ring (bicyclic) bond motifs is 1. The maximum Gasteiger partial charge on any atom is 0.267 e. The van der Waals surface area contributed by atoms with Crippen LogP contribution >= 0.6 is 22.7 Å². The number of amides is 1. The highest BCUT2D eigenvalue weighted by atomic mass is 32.1. The number of carbonyl (C=O) groups is 1. The number of nitrogens with zero attached hydrogens (tertiary/aromatic N) is 1. The van der Waals surface area contributed by atoms with Gasteiger partial charge in [0.2, 0.25) is 0 Å². The first-order valence-electron chi connectivity index (χ1n) is 7.13. The Hall–Kier alpha value is -1.20. The number of aryl methyl sites for hydroxylation is 3. The Morgan fingerprint density at radius 1 is 1.40 bits per heavy atom. The van der Waals surface area contributed by atoms with Gasteiger partial charge < -0.3 is 0 Å². The Kier molecular flexibility index (Phi) is 4.17. The molecule has 0 fully saturated rings. The molecule has 0 aliphatic heterocycles. The molecular formula is C15H18N2OS2. The van der Waals surface area contributed by atoms with Crippen LogP contribution in [0.5, 0.6) is 0 Å². The van der Waals surface area contributed by atoms with Crippen molar-refractivity contribution in [1.82, 2.24) is 4.98 Å². The van der Waals surface area contributed by atoms with Crippen LogP contribution in [-0.2, 0) is 19.3 Å². The van der Waals surface area contributed by atoms with Gasteiger partial charge in [0.25, 0.3) is 5.91 Å². The minimum Gasteiger partial charge on any atom is -0.297 e. The minimum absolute atomic E-state index is 0.0122. The second-order valence-electron chi connectivity index (χ2n) is 5.11. The molecule has 0 spiro atoms. The van der Waals surface area contributed by atoms with Crippen molar-refractivity contribution in [1.29, 1.82) is 0 Å². The monoisotopic (exact) mass is 306 g/mol. The number of hydrogen-bond acceptors (Lipinski definition) is 4. The second kappa shape index (κ2) is 6.06. The predicted molar refractivity (Wildman–Crippen MR) is 85.0 cm³/mol. The summed E-state index contributed by atoms with van der Waals surface area (Å²) in [6, 6.07) is 2.06. The fraction of sp³-hybridized carbons (Fsp3) is 0.467. The zero-order chi connectivity index (χ0) is 13.9. The molecular weight excluding hydrogens is 288 g/mol. The van der Waals surface area contributed by atoms with Crippen LogP contribution in [0.2, 0.25) is 0 Å². The largest absolute Gasteiger partial charge is 0.297 e. The van der Waals surface area contributed by atoms with Crippen molar-refractivity contribution in [2.24, 2.45) is 0 Å². The molecule has 0 unspecified atom stereocenters. The number of anilines is 1. The quantitative estimate of drug-likeness (QED) is 0.915. The van der Waals surface area contributed by atoms with E-state index in [-0.39, 0.29) is 5.91 Å². The average molecular weight is 306 g/mol. The maximum absolute atomic E-state index is 12.3. The topological polar surface area (TPSA) is 42.0 Å². The first-order chi connectivity index (χ1) is 9.76. The molecule has 0 aromatic carbocycles. The molecule has 3 rings (SSSR count). The summed E-state index contributed by atoms with van der Waals surface area (Å²) >= 11 is 3.15. The Balaban J connectivity index is 1.70. The molecule has 0 atom stereocenters. The number of nitrogens with one attached hydrogen (secondary N) is 1. The summed E-state index contributed by atoms with van der Waals surface area (Å²) in [5.41, 5.74) is 2.44. The molecule has 1 amide bonds. The third-order valence-corrected chi connectivity index (χ3v) is 5.54. The van der Waals surface area contributed by atoms with Crippen LogP contribution in [-0.4, -0.2) is 10.9 Å². The van der Waals surface area contributed by atoms with Crippen molar-refractivity contribution < 1.29 is 4.79 Å². The van der Waals surface area contributed by atoms with Crippen LogP contribution in [0.25, 0.3) is 0 Å². The Labute approximate surface area is 127 Å². The van der Waals surface area contributed by atoms with Gasteiger partial charge in [0.05, 0.1) is 10.6 Å². The number of rotatable bonds is 4. The molecule has 3 nitrogen and oxygen atoms in total. The van der Waals surface area contributed by atoms with Gasteiger partial charge in [0, 0.05) is 10.3 Å². The lowest BCUT2D eigenvalue weighted by atomic mass is 9.99. The fourth-order valence-corrected chi connectivity index (χ4v) is 4.39. The summed E-state index contributed by atoms with van der Waals surface area (Å²) in [5.74, 6) is -0.0122. The van der Waals surface area contributed by atoms with E-state index in [0.717, 1.165) is 36.3 Å². The number of aromatic nitrogens is 1. The summed E-state index contributed by atoms with van der Waals surface area (Å²) in [5, 5.41) is 5.66. The lowest BCUT2D eigenvalue weighted by Gasteiger charge is -2.08. The van der Waals surface area contributed by atoms with Crippen LogP contribution in [0, 0.1) is 0 Å². The van der Waals surface area contributed by atoms with Gasteiger partial charge in [-0.1, -0.05) is 13.3 Å². The molecule has 0 saturated carbocycles. The Morgan fingerprint density at radius 3 is 3.05 bits per heavy atom. The van der Waals surface area contributed by atoms with Crippen molar-refractivity contribution >= 4 is 33.7 Å². The number of hydrogen-bond donors (Lipinski definition) is 1. The third-order valence-electron chi connectivity index (χ3n) is 3.50. The van der Waals surface area contributed by atoms with E-state index in [0.29, 0.717) is 5.13 Å². The molecule has 2 aromatic rings. The molecule has 0 bridgehead atoms. The molecule has 20 heavy (non-hydrogen) atoms. The van der Waals surface area contributed by atoms with E-state index in [9.17, 15) is 4.79 Å². The van der Waals surface area contributed by atoms with E-state index in [1.165, 1.54) is 34.6 Å². The van der Waals surface area contributed by atoms with E-state index in [4.69, 9.17) is 0 Å². The van der Waals surface area contributed by atoms with Gasteiger partial charge in [-0.25, -0.2) is 4.98 Å². The summed E-state index contributed by atoms with van der Waals surface area (Å²) in [4.78, 5) is 18.9. The Bertz CT molecular complexity index is 592. The molecule has 2 heterocycles. The average Bonchev–Trinajstić information content (AvgIpc) is 3.05. The maximum atomic E-state index is 12.3. The van der Waals surface area contributed by atoms with Gasteiger partial charge in [-0.15, -0.1) is 22.7 Å². The van der Waals surface area contributed by atoms with Gasteiger partial charge in [-0.2, -0.15) is 0 Å². The van der Waals surface area contributed by atoms with Crippen LogP contribution in [0.15, 0.2) is 11.4 Å². The number of carbonyl (C=O) groups excluding carboxylic acids is 1. The van der Waals surface area contributed by atoms with Crippen LogP contribution in [0.3, 0.4) is 0 Å². The highest BCUT2D eigenvalue weighted by Gasteiger charge is 2.18. The molecule has 1 N–H and O–H groups in total. The number of thiophene rings is 1. The van der Waals surface area contributed by atoms with Crippen molar-refractivity contribution in [3.05, 3.63) is 32.5 Å². The highest BCUT2D eigenvalue weighted by Crippen LogP contribution is 2.30. The summed E-state index contributed by atoms with van der Waals surface area (Å²) < 4.78 is 0. The molecule has 0 saturated heterocycles. The standard InChI is InChI=1S/C15H18N2OS2/c1-2-5-11-9-19-15(16-11)17-14(18)13-8-10-6-3-4-7-12(10)20-13/h8-9H,2-7H2,1H3,(H,16,17,18). The van der Waals surface area contributed by atoms with Gasteiger partial charge in [0.1, 0.15) is 0 Å². The molecule has 106 valence electrons. The van der Waals surface area contributed by atoms with Crippen LogP contribution in [0.4, 0.5) is 5.13 Å². The summed E-state index contributed by atoms with van der Waals surface area (Å²) in [7, 11) is 0. The van der Waals surface area contributed by atoms with Gasteiger partial charge >= 0.3 is 0 Å². The Morgan fingerprint density at radius 2 is 2.25 bits per heavy atom. The van der Waals surface area contributed by atoms with Gasteiger partial charge in [-0.05, 0) is 43.7 Å². The number of thiazole rings is 1. The predicted octanol–water partition coefficient (Wildman–Crippen LogP) is 4.29. The molecule has 1 aliphatic rings.